The molecule has 0 rings (SSSR count). The van der Waals surface area contributed by atoms with Gasteiger partial charge in [-0.05, 0) is 13.3 Å². The van der Waals surface area contributed by atoms with Crippen LogP contribution in [0.25, 0.3) is 0 Å². The van der Waals surface area contributed by atoms with Crippen molar-refractivity contribution in [3.8, 4) is 0 Å². The molecule has 0 spiro atoms. The number of carbonyl (C=O) groups is 1. The minimum absolute atomic E-state index is 0.333. The summed E-state index contributed by atoms with van der Waals surface area (Å²) in [6, 6.07) is 0. The van der Waals surface area contributed by atoms with Crippen molar-refractivity contribution in [2.45, 2.75) is 46.0 Å². The van der Waals surface area contributed by atoms with Crippen LogP contribution in [0.4, 0.5) is 0 Å². The van der Waals surface area contributed by atoms with E-state index >= 15 is 0 Å². The molecule has 0 saturated heterocycles. The van der Waals surface area contributed by atoms with E-state index in [4.69, 9.17) is 10.5 Å². The Morgan fingerprint density at radius 3 is 2.50 bits per heavy atom. The first-order valence-corrected chi connectivity index (χ1v) is 5.27. The highest BCUT2D eigenvalue weighted by atomic mass is 16.5. The second kappa shape index (κ2) is 8.60. The number of allylic oxidation sites excluding steroid dienone is 1. The van der Waals surface area contributed by atoms with Gasteiger partial charge in [0.1, 0.15) is 0 Å². The second-order valence-electron chi connectivity index (χ2n) is 3.47. The van der Waals surface area contributed by atoms with Gasteiger partial charge in [-0.15, -0.1) is 0 Å². The molecule has 0 aliphatic carbocycles. The van der Waals surface area contributed by atoms with Gasteiger partial charge in [0.2, 0.25) is 0 Å². The molecule has 0 aliphatic heterocycles. The summed E-state index contributed by atoms with van der Waals surface area (Å²) in [7, 11) is 0. The number of carbonyl (C=O) groups excluding carboxylic acids is 1. The molecule has 0 aromatic carbocycles. The van der Waals surface area contributed by atoms with Crippen LogP contribution in [0.3, 0.4) is 0 Å². The van der Waals surface area contributed by atoms with Crippen LogP contribution in [0.2, 0.25) is 0 Å². The molecule has 0 unspecified atom stereocenters. The Kier molecular flexibility index (Phi) is 7.99. The number of hydrogen-bond acceptors (Lipinski definition) is 3. The van der Waals surface area contributed by atoms with E-state index in [1.165, 1.54) is 25.3 Å². The molecular weight excluding hydrogens is 178 g/mol. The quantitative estimate of drug-likeness (QED) is 0.389. The molecule has 0 amide bonds. The Morgan fingerprint density at radius 1 is 1.29 bits per heavy atom. The minimum atomic E-state index is -0.333. The predicted molar refractivity (Wildman–Crippen MR) is 57.7 cm³/mol. The maximum absolute atomic E-state index is 11.0. The summed E-state index contributed by atoms with van der Waals surface area (Å²) >= 11 is 0. The standard InChI is InChI=1S/C11H21NO2/c1-3-4-5-6-7-8-14-11(13)9-10(2)12/h9H,3-8,12H2,1-2H3/b10-9-. The lowest BCUT2D eigenvalue weighted by Gasteiger charge is -2.01. The number of ether oxygens (including phenoxy) is 1. The van der Waals surface area contributed by atoms with Gasteiger partial charge in [0.25, 0.3) is 0 Å². The molecule has 82 valence electrons. The zero-order valence-corrected chi connectivity index (χ0v) is 9.21. The van der Waals surface area contributed by atoms with Gasteiger partial charge in [-0.25, -0.2) is 4.79 Å². The highest BCUT2D eigenvalue weighted by Gasteiger charge is 1.97. The highest BCUT2D eigenvalue weighted by molar-refractivity contribution is 5.82. The molecule has 0 aliphatic rings. The molecule has 0 bridgehead atoms. The fourth-order valence-electron chi connectivity index (χ4n) is 1.11. The fourth-order valence-corrected chi connectivity index (χ4v) is 1.11. The Hall–Kier alpha value is -0.990. The van der Waals surface area contributed by atoms with Gasteiger partial charge in [0.05, 0.1) is 6.61 Å². The molecule has 0 heterocycles. The van der Waals surface area contributed by atoms with Crippen molar-refractivity contribution < 1.29 is 9.53 Å². The molecule has 0 radical (unpaired) electrons. The van der Waals surface area contributed by atoms with Gasteiger partial charge in [-0.3, -0.25) is 0 Å². The SMILES string of the molecule is CCCCCCCOC(=O)/C=C(/C)N. The number of nitrogens with two attached hydrogens (primary N) is 1. The minimum Gasteiger partial charge on any atom is -0.462 e. The maximum atomic E-state index is 11.0. The van der Waals surface area contributed by atoms with Gasteiger partial charge in [-0.2, -0.15) is 0 Å². The lowest BCUT2D eigenvalue weighted by atomic mass is 10.2. The van der Waals surface area contributed by atoms with Crippen molar-refractivity contribution in [1.82, 2.24) is 0 Å². The van der Waals surface area contributed by atoms with Crippen molar-refractivity contribution in [2.24, 2.45) is 5.73 Å². The first-order valence-electron chi connectivity index (χ1n) is 5.27. The predicted octanol–water partition coefficient (Wildman–Crippen LogP) is 2.36. The molecule has 3 nitrogen and oxygen atoms in total. The summed E-state index contributed by atoms with van der Waals surface area (Å²) in [6.45, 7) is 4.35. The van der Waals surface area contributed by atoms with Crippen LogP contribution in [0, 0.1) is 0 Å². The van der Waals surface area contributed by atoms with Crippen molar-refractivity contribution in [1.29, 1.82) is 0 Å². The second-order valence-corrected chi connectivity index (χ2v) is 3.47. The Labute approximate surface area is 86.3 Å². The van der Waals surface area contributed by atoms with Gasteiger partial charge >= 0.3 is 5.97 Å². The molecule has 3 heteroatoms. The summed E-state index contributed by atoms with van der Waals surface area (Å²) in [6.07, 6.45) is 7.10. The number of rotatable bonds is 7. The summed E-state index contributed by atoms with van der Waals surface area (Å²) < 4.78 is 4.94. The zero-order valence-electron chi connectivity index (χ0n) is 9.21. The van der Waals surface area contributed by atoms with Crippen LogP contribution in [-0.2, 0) is 9.53 Å². The molecular formula is C11H21NO2. The first kappa shape index (κ1) is 13.0. The molecule has 0 aromatic rings. The van der Waals surface area contributed by atoms with Gasteiger partial charge in [-0.1, -0.05) is 32.6 Å². The van der Waals surface area contributed by atoms with Crippen LogP contribution in [-0.4, -0.2) is 12.6 Å². The average Bonchev–Trinajstić information content (AvgIpc) is 2.10. The van der Waals surface area contributed by atoms with Crippen LogP contribution < -0.4 is 5.73 Å². The maximum Gasteiger partial charge on any atom is 0.332 e. The highest BCUT2D eigenvalue weighted by Crippen LogP contribution is 2.02. The summed E-state index contributed by atoms with van der Waals surface area (Å²) in [5, 5.41) is 0. The smallest absolute Gasteiger partial charge is 0.332 e. The zero-order chi connectivity index (χ0) is 10.8. The molecule has 2 N–H and O–H groups in total. The van der Waals surface area contributed by atoms with E-state index in [1.807, 2.05) is 0 Å². The van der Waals surface area contributed by atoms with Gasteiger partial charge in [0.15, 0.2) is 0 Å². The molecule has 0 fully saturated rings. The van der Waals surface area contributed by atoms with Gasteiger partial charge < -0.3 is 10.5 Å². The number of esters is 1. The van der Waals surface area contributed by atoms with E-state index in [0.29, 0.717) is 12.3 Å². The van der Waals surface area contributed by atoms with Gasteiger partial charge in [0, 0.05) is 11.8 Å². The van der Waals surface area contributed by atoms with Crippen LogP contribution >= 0.6 is 0 Å². The van der Waals surface area contributed by atoms with Crippen molar-refractivity contribution in [3.05, 3.63) is 11.8 Å². The normalized spacial score (nSPS) is 11.4. The van der Waals surface area contributed by atoms with Crippen LogP contribution in [0.1, 0.15) is 46.0 Å². The Morgan fingerprint density at radius 2 is 1.93 bits per heavy atom. The van der Waals surface area contributed by atoms with Crippen molar-refractivity contribution >= 4 is 5.97 Å². The molecule has 14 heavy (non-hydrogen) atoms. The van der Waals surface area contributed by atoms with Crippen LogP contribution in [0.5, 0.6) is 0 Å². The topological polar surface area (TPSA) is 52.3 Å². The van der Waals surface area contributed by atoms with E-state index in [9.17, 15) is 4.79 Å². The first-order chi connectivity index (χ1) is 6.66. The van der Waals surface area contributed by atoms with Crippen molar-refractivity contribution in [2.75, 3.05) is 6.61 Å². The average molecular weight is 199 g/mol. The lowest BCUT2D eigenvalue weighted by molar-refractivity contribution is -0.137. The van der Waals surface area contributed by atoms with E-state index in [2.05, 4.69) is 6.92 Å². The molecule has 0 atom stereocenters. The molecule has 0 saturated carbocycles. The lowest BCUT2D eigenvalue weighted by Crippen LogP contribution is -2.05. The third kappa shape index (κ3) is 9.10. The Bertz CT molecular complexity index is 184. The fraction of sp³-hybridized carbons (Fsp3) is 0.727. The summed E-state index contributed by atoms with van der Waals surface area (Å²) in [4.78, 5) is 11.0. The Balaban J connectivity index is 3.28. The molecule has 0 aromatic heterocycles. The van der Waals surface area contributed by atoms with E-state index in [0.717, 1.165) is 12.8 Å². The third-order valence-electron chi connectivity index (χ3n) is 1.84. The third-order valence-corrected chi connectivity index (χ3v) is 1.84. The van der Waals surface area contributed by atoms with E-state index in [-0.39, 0.29) is 5.97 Å². The van der Waals surface area contributed by atoms with Crippen LogP contribution in [0.15, 0.2) is 11.8 Å². The van der Waals surface area contributed by atoms with E-state index in [1.54, 1.807) is 6.92 Å². The monoisotopic (exact) mass is 199 g/mol. The number of hydrogen-bond donors (Lipinski definition) is 1. The number of unbranched alkanes of at least 4 members (excludes halogenated alkanes) is 4. The summed E-state index contributed by atoms with van der Waals surface area (Å²) in [5.41, 5.74) is 5.81. The van der Waals surface area contributed by atoms with E-state index < -0.39 is 0 Å². The van der Waals surface area contributed by atoms with Crippen molar-refractivity contribution in [3.63, 3.8) is 0 Å². The summed E-state index contributed by atoms with van der Waals surface area (Å²) in [5.74, 6) is -0.333. The largest absolute Gasteiger partial charge is 0.462 e.